The molecule has 17 heteroatoms. The number of nitriles is 1. The molecule has 0 unspecified atom stereocenters. The van der Waals surface area contributed by atoms with Crippen LogP contribution in [0.25, 0.3) is 0 Å². The van der Waals surface area contributed by atoms with Crippen LogP contribution in [0.1, 0.15) is 54.6 Å². The number of aliphatic hydroxyl groups is 1. The number of nitrogens with one attached hydrogen (secondary N) is 2. The number of benzene rings is 3. The van der Waals surface area contributed by atoms with Crippen LogP contribution < -0.4 is 15.4 Å². The summed E-state index contributed by atoms with van der Waals surface area (Å²) in [6, 6.07) is 12.7. The second kappa shape index (κ2) is 23.2. The van der Waals surface area contributed by atoms with E-state index in [-0.39, 0.29) is 83.6 Å². The summed E-state index contributed by atoms with van der Waals surface area (Å²) in [5, 5.41) is 25.7. The lowest BCUT2D eigenvalue weighted by molar-refractivity contribution is -0.118. The SMILES string of the molecule is COc1cc(C(=O)OCCOCCOCCOCCOCCO)ccc1NC(=O)[C@@H]1N[C@@H](CC(C)(C)C)[C@](C#N)(c2ccc(Cl)cc2F)[C@H]1c1cccc(Cl)c1F.Cl. The van der Waals surface area contributed by atoms with E-state index in [0.717, 1.165) is 6.07 Å². The molecule has 12 nitrogen and oxygen atoms in total. The molecule has 1 aliphatic heterocycles. The summed E-state index contributed by atoms with van der Waals surface area (Å²) in [7, 11) is 1.36. The van der Waals surface area contributed by atoms with Crippen LogP contribution in [0, 0.1) is 28.4 Å². The van der Waals surface area contributed by atoms with Gasteiger partial charge in [-0.15, -0.1) is 12.4 Å². The zero-order valence-corrected chi connectivity index (χ0v) is 35.1. The molecule has 0 radical (unpaired) electrons. The summed E-state index contributed by atoms with van der Waals surface area (Å²) in [6.07, 6.45) is 0.295. The fourth-order valence-electron chi connectivity index (χ4n) is 6.79. The molecule has 58 heavy (non-hydrogen) atoms. The van der Waals surface area contributed by atoms with Crippen molar-refractivity contribution in [3.63, 3.8) is 0 Å². The van der Waals surface area contributed by atoms with E-state index < -0.39 is 52.3 Å². The Morgan fingerprint density at radius 1 is 0.914 bits per heavy atom. The molecule has 1 fully saturated rings. The van der Waals surface area contributed by atoms with Gasteiger partial charge in [-0.05, 0) is 53.8 Å². The number of carbonyl (C=O) groups excluding carboxylic acids is 2. The largest absolute Gasteiger partial charge is 0.495 e. The van der Waals surface area contributed by atoms with E-state index in [1.807, 2.05) is 20.8 Å². The van der Waals surface area contributed by atoms with Crippen molar-refractivity contribution < 1.29 is 51.9 Å². The van der Waals surface area contributed by atoms with Crippen molar-refractivity contribution in [3.8, 4) is 11.8 Å². The first-order valence-electron chi connectivity index (χ1n) is 18.4. The lowest BCUT2D eigenvalue weighted by Crippen LogP contribution is -2.45. The van der Waals surface area contributed by atoms with Gasteiger partial charge in [0.1, 0.15) is 29.4 Å². The van der Waals surface area contributed by atoms with Crippen LogP contribution >= 0.6 is 35.6 Å². The van der Waals surface area contributed by atoms with Crippen molar-refractivity contribution in [1.29, 1.82) is 5.26 Å². The highest BCUT2D eigenvalue weighted by atomic mass is 35.5. The van der Waals surface area contributed by atoms with Crippen LogP contribution in [0.15, 0.2) is 54.6 Å². The summed E-state index contributed by atoms with van der Waals surface area (Å²) in [4.78, 5) is 27.3. The fraction of sp³-hybridized carbons (Fsp3) is 0.488. The highest BCUT2D eigenvalue weighted by Gasteiger charge is 2.61. The molecule has 318 valence electrons. The van der Waals surface area contributed by atoms with Gasteiger partial charge in [0.25, 0.3) is 0 Å². The Labute approximate surface area is 353 Å². The molecule has 0 spiro atoms. The molecule has 3 aromatic rings. The monoisotopic (exact) mass is 871 g/mol. The minimum absolute atomic E-state index is 0. The molecule has 1 aliphatic rings. The van der Waals surface area contributed by atoms with Crippen molar-refractivity contribution in [1.82, 2.24) is 5.32 Å². The van der Waals surface area contributed by atoms with Crippen molar-refractivity contribution in [2.75, 3.05) is 78.5 Å². The Kier molecular flexibility index (Phi) is 19.5. The maximum Gasteiger partial charge on any atom is 0.338 e. The molecular formula is C41H50Cl3F2N3O9. The third kappa shape index (κ3) is 12.7. The Hall–Kier alpha value is -3.62. The summed E-state index contributed by atoms with van der Waals surface area (Å²) < 4.78 is 64.2. The Morgan fingerprint density at radius 2 is 1.53 bits per heavy atom. The van der Waals surface area contributed by atoms with E-state index in [4.69, 9.17) is 56.7 Å². The summed E-state index contributed by atoms with van der Waals surface area (Å²) >= 11 is 12.4. The summed E-state index contributed by atoms with van der Waals surface area (Å²) in [5.41, 5.74) is -2.01. The van der Waals surface area contributed by atoms with Crippen molar-refractivity contribution in [2.45, 2.75) is 50.6 Å². The average molecular weight is 873 g/mol. The van der Waals surface area contributed by atoms with Gasteiger partial charge in [0.15, 0.2) is 0 Å². The highest BCUT2D eigenvalue weighted by molar-refractivity contribution is 6.31. The van der Waals surface area contributed by atoms with Crippen LogP contribution in [0.2, 0.25) is 10.0 Å². The smallest absolute Gasteiger partial charge is 0.338 e. The number of hydrogen-bond donors (Lipinski definition) is 3. The predicted octanol–water partition coefficient (Wildman–Crippen LogP) is 6.88. The van der Waals surface area contributed by atoms with E-state index in [9.17, 15) is 14.9 Å². The maximum absolute atomic E-state index is 16.0. The first-order chi connectivity index (χ1) is 27.3. The first-order valence-corrected chi connectivity index (χ1v) is 19.2. The molecule has 0 bridgehead atoms. The van der Waals surface area contributed by atoms with Gasteiger partial charge in [-0.2, -0.15) is 5.26 Å². The Balaban J connectivity index is 0.00000900. The van der Waals surface area contributed by atoms with Crippen LogP contribution in [-0.2, 0) is 33.9 Å². The van der Waals surface area contributed by atoms with E-state index in [1.54, 1.807) is 0 Å². The molecule has 1 heterocycles. The molecule has 0 aliphatic carbocycles. The number of ether oxygens (including phenoxy) is 6. The standard InChI is InChI=1S/C41H49Cl2F2N3O9.ClH/c1-40(2,3)24-34-41(25-46,29-10-9-27(42)23-31(29)44)35(28-6-5-7-30(43)36(28)45)37(48-34)38(50)47-32-11-8-26(22-33(32)52-4)39(51)57-21-20-56-19-18-55-17-16-54-15-14-53-13-12-49;/h5-11,22-23,34-35,37,48-49H,12-21,24H2,1-4H3,(H,47,50);1H/t34-,35-,37+,41-;/m0./s1. The highest BCUT2D eigenvalue weighted by Crippen LogP contribution is 2.53. The van der Waals surface area contributed by atoms with Gasteiger partial charge in [-0.25, -0.2) is 13.6 Å². The Bertz CT molecular complexity index is 1860. The van der Waals surface area contributed by atoms with Gasteiger partial charge in [-0.3, -0.25) is 4.79 Å². The van der Waals surface area contributed by atoms with Gasteiger partial charge >= 0.3 is 5.97 Å². The van der Waals surface area contributed by atoms with E-state index in [0.29, 0.717) is 39.5 Å². The Morgan fingerprint density at radius 3 is 2.10 bits per heavy atom. The number of anilines is 1. The molecule has 1 saturated heterocycles. The third-order valence-electron chi connectivity index (χ3n) is 9.24. The first kappa shape index (κ1) is 48.7. The molecule has 0 aromatic heterocycles. The van der Waals surface area contributed by atoms with Crippen molar-refractivity contribution in [3.05, 3.63) is 93.0 Å². The van der Waals surface area contributed by atoms with Gasteiger partial charge < -0.3 is 44.2 Å². The minimum Gasteiger partial charge on any atom is -0.495 e. The number of nitrogens with zero attached hydrogens (tertiary/aromatic N) is 1. The number of methoxy groups -OCH3 is 1. The zero-order chi connectivity index (χ0) is 41.6. The fourth-order valence-corrected chi connectivity index (χ4v) is 7.13. The lowest BCUT2D eigenvalue weighted by atomic mass is 9.62. The number of halogens is 5. The maximum atomic E-state index is 16.0. The molecule has 4 rings (SSSR count). The van der Waals surface area contributed by atoms with Gasteiger partial charge in [0.05, 0.1) is 95.0 Å². The van der Waals surface area contributed by atoms with E-state index in [1.165, 1.54) is 55.6 Å². The summed E-state index contributed by atoms with van der Waals surface area (Å²) in [5.74, 6) is -4.10. The van der Waals surface area contributed by atoms with Gasteiger partial charge in [0.2, 0.25) is 5.91 Å². The third-order valence-corrected chi connectivity index (χ3v) is 9.77. The second-order valence-electron chi connectivity index (χ2n) is 14.4. The van der Waals surface area contributed by atoms with Crippen LogP contribution in [0.5, 0.6) is 5.75 Å². The average Bonchev–Trinajstić information content (AvgIpc) is 3.48. The van der Waals surface area contributed by atoms with E-state index >= 15 is 8.78 Å². The van der Waals surface area contributed by atoms with Crippen LogP contribution in [0.3, 0.4) is 0 Å². The number of amides is 1. The quantitative estimate of drug-likeness (QED) is 0.0758. The minimum atomic E-state index is -1.81. The van der Waals surface area contributed by atoms with Crippen LogP contribution in [-0.4, -0.2) is 102 Å². The van der Waals surface area contributed by atoms with Crippen molar-refractivity contribution in [2.24, 2.45) is 5.41 Å². The van der Waals surface area contributed by atoms with Crippen LogP contribution in [0.4, 0.5) is 14.5 Å². The number of esters is 1. The lowest BCUT2D eigenvalue weighted by Gasteiger charge is -2.37. The number of rotatable bonds is 21. The molecular weight excluding hydrogens is 823 g/mol. The summed E-state index contributed by atoms with van der Waals surface area (Å²) in [6.45, 7) is 8.31. The molecule has 4 atom stereocenters. The molecule has 0 saturated carbocycles. The second-order valence-corrected chi connectivity index (χ2v) is 15.2. The van der Waals surface area contributed by atoms with Gasteiger partial charge in [-0.1, -0.05) is 62.2 Å². The van der Waals surface area contributed by atoms with Gasteiger partial charge in [0, 0.05) is 22.5 Å². The topological polar surface area (TPSA) is 158 Å². The normalized spacial score (nSPS) is 18.9. The number of hydrogen-bond acceptors (Lipinski definition) is 11. The number of carbonyl (C=O) groups is 2. The molecule has 3 N–H and O–H groups in total. The zero-order valence-electron chi connectivity index (χ0n) is 32.8. The van der Waals surface area contributed by atoms with E-state index in [2.05, 4.69) is 16.7 Å². The van der Waals surface area contributed by atoms with Crippen molar-refractivity contribution >= 4 is 53.2 Å². The molecule has 1 amide bonds. The number of aliphatic hydroxyl groups excluding tert-OH is 1. The predicted molar refractivity (Wildman–Crippen MR) is 217 cm³/mol. The molecule has 3 aromatic carbocycles.